The van der Waals surface area contributed by atoms with Gasteiger partial charge in [0.1, 0.15) is 5.75 Å². The van der Waals surface area contributed by atoms with E-state index in [4.69, 9.17) is 10.5 Å². The van der Waals surface area contributed by atoms with Crippen molar-refractivity contribution in [2.75, 3.05) is 13.7 Å². The lowest BCUT2D eigenvalue weighted by molar-refractivity contribution is -0.120. The zero-order chi connectivity index (χ0) is 12.3. The van der Waals surface area contributed by atoms with Gasteiger partial charge in [-0.25, -0.2) is 0 Å². The van der Waals surface area contributed by atoms with E-state index in [1.54, 1.807) is 7.11 Å². The molecule has 1 aliphatic rings. The van der Waals surface area contributed by atoms with Crippen LogP contribution in [0.3, 0.4) is 0 Å². The third-order valence-corrected chi connectivity index (χ3v) is 3.07. The molecule has 1 atom stereocenters. The minimum absolute atomic E-state index is 0.0410. The highest BCUT2D eigenvalue weighted by atomic mass is 16.5. The number of carbonyl (C=O) groups excluding carboxylic acids is 1. The summed E-state index contributed by atoms with van der Waals surface area (Å²) in [7, 11) is 1.64. The predicted molar refractivity (Wildman–Crippen MR) is 65.7 cm³/mol. The van der Waals surface area contributed by atoms with Crippen molar-refractivity contribution in [3.05, 3.63) is 29.8 Å². The van der Waals surface area contributed by atoms with Crippen molar-refractivity contribution in [3.63, 3.8) is 0 Å². The van der Waals surface area contributed by atoms with E-state index < -0.39 is 0 Å². The topological polar surface area (TPSA) is 64.3 Å². The Morgan fingerprint density at radius 1 is 1.47 bits per heavy atom. The highest BCUT2D eigenvalue weighted by Gasteiger charge is 2.33. The minimum atomic E-state index is -0.0993. The summed E-state index contributed by atoms with van der Waals surface area (Å²) in [4.78, 5) is 11.4. The molecule has 0 bridgehead atoms. The van der Waals surface area contributed by atoms with Crippen LogP contribution in [0.2, 0.25) is 0 Å². The number of ether oxygens (including phenoxy) is 1. The fourth-order valence-electron chi connectivity index (χ4n) is 1.95. The first-order valence-electron chi connectivity index (χ1n) is 5.88. The molecular weight excluding hydrogens is 216 g/mol. The molecule has 4 heteroatoms. The van der Waals surface area contributed by atoms with E-state index in [0.717, 1.165) is 11.3 Å². The Bertz CT molecular complexity index is 385. The first-order valence-corrected chi connectivity index (χ1v) is 5.88. The molecule has 1 aromatic rings. The number of nitrogens with one attached hydrogen (secondary N) is 1. The molecule has 0 aliphatic heterocycles. The normalized spacial score (nSPS) is 16.4. The highest BCUT2D eigenvalue weighted by molar-refractivity contribution is 5.78. The number of nitrogens with two attached hydrogens (primary N) is 1. The third kappa shape index (κ3) is 2.97. The zero-order valence-corrected chi connectivity index (χ0v) is 9.98. The summed E-state index contributed by atoms with van der Waals surface area (Å²) < 4.78 is 5.12. The minimum Gasteiger partial charge on any atom is -0.497 e. The van der Waals surface area contributed by atoms with Crippen LogP contribution >= 0.6 is 0 Å². The van der Waals surface area contributed by atoms with Gasteiger partial charge in [0.25, 0.3) is 0 Å². The molecule has 0 heterocycles. The number of benzene rings is 1. The summed E-state index contributed by atoms with van der Waals surface area (Å²) in [5.74, 6) is 1.28. The van der Waals surface area contributed by atoms with Crippen molar-refractivity contribution in [1.29, 1.82) is 0 Å². The van der Waals surface area contributed by atoms with Crippen LogP contribution in [0.5, 0.6) is 5.75 Å². The Labute approximate surface area is 101 Å². The van der Waals surface area contributed by atoms with Gasteiger partial charge in [-0.2, -0.15) is 0 Å². The maximum Gasteiger partial charge on any atom is 0.234 e. The summed E-state index contributed by atoms with van der Waals surface area (Å²) in [6.45, 7) is 0.0410. The molecule has 0 spiro atoms. The van der Waals surface area contributed by atoms with Crippen LogP contribution in [0.25, 0.3) is 0 Å². The van der Waals surface area contributed by atoms with Crippen LogP contribution in [0, 0.1) is 5.92 Å². The maximum absolute atomic E-state index is 11.4. The third-order valence-electron chi connectivity index (χ3n) is 3.07. The Hall–Kier alpha value is -1.55. The zero-order valence-electron chi connectivity index (χ0n) is 9.98. The predicted octanol–water partition coefficient (Wildman–Crippen LogP) is 1.22. The van der Waals surface area contributed by atoms with Gasteiger partial charge in [0.05, 0.1) is 19.7 Å². The molecule has 1 amide bonds. The maximum atomic E-state index is 11.4. The Morgan fingerprint density at radius 3 is 2.59 bits per heavy atom. The van der Waals surface area contributed by atoms with E-state index in [2.05, 4.69) is 5.32 Å². The second-order valence-electron chi connectivity index (χ2n) is 4.36. The Morgan fingerprint density at radius 2 is 2.12 bits per heavy atom. The Kier molecular flexibility index (Phi) is 3.64. The smallest absolute Gasteiger partial charge is 0.234 e. The number of hydrogen-bond donors (Lipinski definition) is 2. The van der Waals surface area contributed by atoms with Gasteiger partial charge in [0.2, 0.25) is 5.91 Å². The molecule has 1 unspecified atom stereocenters. The SMILES string of the molecule is COc1ccc(C(NC(=O)CN)C2CC2)cc1. The second kappa shape index (κ2) is 5.19. The van der Waals surface area contributed by atoms with E-state index in [0.29, 0.717) is 5.92 Å². The van der Waals surface area contributed by atoms with Crippen LogP contribution in [0.4, 0.5) is 0 Å². The number of amides is 1. The van der Waals surface area contributed by atoms with Crippen LogP contribution in [0.1, 0.15) is 24.4 Å². The van der Waals surface area contributed by atoms with Gasteiger partial charge >= 0.3 is 0 Å². The van der Waals surface area contributed by atoms with Crippen molar-refractivity contribution in [2.45, 2.75) is 18.9 Å². The lowest BCUT2D eigenvalue weighted by atomic mass is 10.0. The molecule has 17 heavy (non-hydrogen) atoms. The fraction of sp³-hybridized carbons (Fsp3) is 0.462. The lowest BCUT2D eigenvalue weighted by Gasteiger charge is -2.18. The van der Waals surface area contributed by atoms with Crippen LogP contribution in [-0.4, -0.2) is 19.6 Å². The second-order valence-corrected chi connectivity index (χ2v) is 4.36. The quantitative estimate of drug-likeness (QED) is 0.805. The van der Waals surface area contributed by atoms with E-state index in [9.17, 15) is 4.79 Å². The molecule has 4 nitrogen and oxygen atoms in total. The molecule has 1 saturated carbocycles. The molecular formula is C13H18N2O2. The van der Waals surface area contributed by atoms with Crippen molar-refractivity contribution in [2.24, 2.45) is 11.7 Å². The van der Waals surface area contributed by atoms with Gasteiger partial charge in [-0.1, -0.05) is 12.1 Å². The molecule has 3 N–H and O–H groups in total. The molecule has 92 valence electrons. The van der Waals surface area contributed by atoms with Gasteiger partial charge < -0.3 is 15.8 Å². The summed E-state index contributed by atoms with van der Waals surface area (Å²) in [6, 6.07) is 7.92. The monoisotopic (exact) mass is 234 g/mol. The van der Waals surface area contributed by atoms with Crippen LogP contribution < -0.4 is 15.8 Å². The summed E-state index contributed by atoms with van der Waals surface area (Å²) >= 11 is 0. The molecule has 0 radical (unpaired) electrons. The Balaban J connectivity index is 2.11. The average molecular weight is 234 g/mol. The van der Waals surface area contributed by atoms with Crippen LogP contribution in [-0.2, 0) is 4.79 Å². The molecule has 1 fully saturated rings. The standard InChI is InChI=1S/C13H18N2O2/c1-17-11-6-4-10(5-7-11)13(9-2-3-9)15-12(16)8-14/h4-7,9,13H,2-3,8,14H2,1H3,(H,15,16). The van der Waals surface area contributed by atoms with Crippen molar-refractivity contribution >= 4 is 5.91 Å². The average Bonchev–Trinajstić information content (AvgIpc) is 3.20. The van der Waals surface area contributed by atoms with Gasteiger partial charge in [-0.15, -0.1) is 0 Å². The van der Waals surface area contributed by atoms with Crippen molar-refractivity contribution < 1.29 is 9.53 Å². The van der Waals surface area contributed by atoms with Gasteiger partial charge in [-0.05, 0) is 36.5 Å². The fourth-order valence-corrected chi connectivity index (χ4v) is 1.95. The summed E-state index contributed by atoms with van der Waals surface area (Å²) in [5.41, 5.74) is 6.45. The molecule has 2 rings (SSSR count). The molecule has 0 aromatic heterocycles. The van der Waals surface area contributed by atoms with Crippen molar-refractivity contribution in [1.82, 2.24) is 5.32 Å². The van der Waals surface area contributed by atoms with E-state index in [-0.39, 0.29) is 18.5 Å². The first-order chi connectivity index (χ1) is 8.24. The largest absolute Gasteiger partial charge is 0.497 e. The number of methoxy groups -OCH3 is 1. The number of carbonyl (C=O) groups is 1. The van der Waals surface area contributed by atoms with E-state index >= 15 is 0 Å². The summed E-state index contributed by atoms with van der Waals surface area (Å²) in [5, 5.41) is 2.98. The molecule has 1 aliphatic carbocycles. The van der Waals surface area contributed by atoms with E-state index in [1.807, 2.05) is 24.3 Å². The number of rotatable bonds is 5. The molecule has 1 aromatic carbocycles. The van der Waals surface area contributed by atoms with Crippen molar-refractivity contribution in [3.8, 4) is 5.75 Å². The lowest BCUT2D eigenvalue weighted by Crippen LogP contribution is -2.34. The summed E-state index contributed by atoms with van der Waals surface area (Å²) in [6.07, 6.45) is 2.34. The van der Waals surface area contributed by atoms with E-state index in [1.165, 1.54) is 12.8 Å². The van der Waals surface area contributed by atoms with Crippen LogP contribution in [0.15, 0.2) is 24.3 Å². The molecule has 0 saturated heterocycles. The first kappa shape index (κ1) is 11.9. The van der Waals surface area contributed by atoms with Gasteiger partial charge in [0, 0.05) is 0 Å². The van der Waals surface area contributed by atoms with Gasteiger partial charge in [0.15, 0.2) is 0 Å². The highest BCUT2D eigenvalue weighted by Crippen LogP contribution is 2.41. The number of hydrogen-bond acceptors (Lipinski definition) is 3. The van der Waals surface area contributed by atoms with Gasteiger partial charge in [-0.3, -0.25) is 4.79 Å².